The Hall–Kier alpha value is -1.36. The van der Waals surface area contributed by atoms with E-state index in [0.717, 1.165) is 25.3 Å². The molecular formula is C10H16N4O. The van der Waals surface area contributed by atoms with Gasteiger partial charge >= 0.3 is 0 Å². The standard InChI is InChI=1S/C10H16N4O/c1-7(11)8-2-3-14(5-8)9-4-10(15)13-6-12-9/h4,6-8H,2-3,5,11H2,1H3,(H,12,13,15). The van der Waals surface area contributed by atoms with Gasteiger partial charge in [-0.15, -0.1) is 0 Å². The lowest BCUT2D eigenvalue weighted by atomic mass is 10.0. The number of rotatable bonds is 2. The zero-order valence-corrected chi connectivity index (χ0v) is 8.81. The molecule has 0 aromatic carbocycles. The quantitative estimate of drug-likeness (QED) is 0.714. The molecular weight excluding hydrogens is 192 g/mol. The zero-order valence-electron chi connectivity index (χ0n) is 8.81. The largest absolute Gasteiger partial charge is 0.356 e. The molecule has 2 rings (SSSR count). The van der Waals surface area contributed by atoms with Crippen molar-refractivity contribution in [1.29, 1.82) is 0 Å². The maximum atomic E-state index is 11.1. The first-order valence-corrected chi connectivity index (χ1v) is 5.22. The van der Waals surface area contributed by atoms with Crippen molar-refractivity contribution in [1.82, 2.24) is 9.97 Å². The van der Waals surface area contributed by atoms with Gasteiger partial charge in [-0.05, 0) is 19.3 Å². The van der Waals surface area contributed by atoms with Crippen molar-refractivity contribution >= 4 is 5.82 Å². The van der Waals surface area contributed by atoms with Crippen LogP contribution in [0.5, 0.6) is 0 Å². The maximum absolute atomic E-state index is 11.1. The topological polar surface area (TPSA) is 75.0 Å². The van der Waals surface area contributed by atoms with E-state index in [1.165, 1.54) is 12.4 Å². The van der Waals surface area contributed by atoms with Crippen molar-refractivity contribution in [2.45, 2.75) is 19.4 Å². The Kier molecular flexibility index (Phi) is 2.73. The molecule has 0 radical (unpaired) electrons. The molecule has 0 saturated carbocycles. The van der Waals surface area contributed by atoms with Crippen LogP contribution in [0.25, 0.3) is 0 Å². The summed E-state index contributed by atoms with van der Waals surface area (Å²) in [7, 11) is 0. The van der Waals surface area contributed by atoms with Crippen LogP contribution in [-0.4, -0.2) is 29.1 Å². The second kappa shape index (κ2) is 4.02. The van der Waals surface area contributed by atoms with Gasteiger partial charge in [-0.2, -0.15) is 0 Å². The summed E-state index contributed by atoms with van der Waals surface area (Å²) in [6.07, 6.45) is 2.52. The second-order valence-electron chi connectivity index (χ2n) is 4.12. The Morgan fingerprint density at radius 3 is 3.13 bits per heavy atom. The van der Waals surface area contributed by atoms with Crippen molar-refractivity contribution < 1.29 is 0 Å². The normalized spacial score (nSPS) is 23.1. The van der Waals surface area contributed by atoms with Gasteiger partial charge in [-0.25, -0.2) is 4.98 Å². The van der Waals surface area contributed by atoms with Crippen molar-refractivity contribution in [3.63, 3.8) is 0 Å². The third-order valence-corrected chi connectivity index (χ3v) is 2.96. The fraction of sp³-hybridized carbons (Fsp3) is 0.600. The molecule has 1 aromatic rings. The van der Waals surface area contributed by atoms with E-state index in [1.54, 1.807) is 0 Å². The molecule has 0 spiro atoms. The third-order valence-electron chi connectivity index (χ3n) is 2.96. The summed E-state index contributed by atoms with van der Waals surface area (Å²) in [5.41, 5.74) is 5.75. The van der Waals surface area contributed by atoms with E-state index in [0.29, 0.717) is 5.92 Å². The average molecular weight is 208 g/mol. The summed E-state index contributed by atoms with van der Waals surface area (Å²) in [6.45, 7) is 3.86. The first kappa shape index (κ1) is 10.2. The van der Waals surface area contributed by atoms with Gasteiger partial charge in [0.05, 0.1) is 6.33 Å². The number of nitrogens with one attached hydrogen (secondary N) is 1. The highest BCUT2D eigenvalue weighted by Gasteiger charge is 2.25. The van der Waals surface area contributed by atoms with E-state index < -0.39 is 0 Å². The highest BCUT2D eigenvalue weighted by atomic mass is 16.1. The molecule has 2 heterocycles. The number of aromatic nitrogens is 2. The fourth-order valence-electron chi connectivity index (χ4n) is 1.96. The lowest BCUT2D eigenvalue weighted by molar-refractivity contribution is 0.488. The van der Waals surface area contributed by atoms with Crippen molar-refractivity contribution in [3.05, 3.63) is 22.7 Å². The van der Waals surface area contributed by atoms with Crippen LogP contribution >= 0.6 is 0 Å². The highest BCUT2D eigenvalue weighted by molar-refractivity contribution is 5.37. The molecule has 1 fully saturated rings. The number of hydrogen-bond acceptors (Lipinski definition) is 4. The first-order valence-electron chi connectivity index (χ1n) is 5.22. The Balaban J connectivity index is 2.11. The molecule has 0 bridgehead atoms. The molecule has 82 valence electrons. The van der Waals surface area contributed by atoms with Gasteiger partial charge in [0.2, 0.25) is 0 Å². The van der Waals surface area contributed by atoms with E-state index in [9.17, 15) is 4.79 Å². The number of nitrogens with zero attached hydrogens (tertiary/aromatic N) is 2. The van der Waals surface area contributed by atoms with Crippen LogP contribution in [0.1, 0.15) is 13.3 Å². The molecule has 1 saturated heterocycles. The van der Waals surface area contributed by atoms with E-state index in [2.05, 4.69) is 14.9 Å². The molecule has 5 nitrogen and oxygen atoms in total. The van der Waals surface area contributed by atoms with Crippen molar-refractivity contribution in [3.8, 4) is 0 Å². The van der Waals surface area contributed by atoms with Gasteiger partial charge in [0.1, 0.15) is 5.82 Å². The lowest BCUT2D eigenvalue weighted by Crippen LogP contribution is -2.30. The molecule has 5 heteroatoms. The molecule has 2 atom stereocenters. The summed E-state index contributed by atoms with van der Waals surface area (Å²) in [4.78, 5) is 19.9. The van der Waals surface area contributed by atoms with Gasteiger partial charge in [0, 0.05) is 25.2 Å². The molecule has 3 N–H and O–H groups in total. The third kappa shape index (κ3) is 2.18. The van der Waals surface area contributed by atoms with E-state index in [1.807, 2.05) is 6.92 Å². The Labute approximate surface area is 88.3 Å². The number of aromatic amines is 1. The van der Waals surface area contributed by atoms with Gasteiger partial charge in [-0.3, -0.25) is 4.79 Å². The Morgan fingerprint density at radius 1 is 1.73 bits per heavy atom. The number of nitrogens with two attached hydrogens (primary N) is 1. The smallest absolute Gasteiger partial charge is 0.252 e. The van der Waals surface area contributed by atoms with Crippen LogP contribution in [0, 0.1) is 5.92 Å². The summed E-state index contributed by atoms with van der Waals surface area (Å²) in [6, 6.07) is 1.74. The van der Waals surface area contributed by atoms with Crippen LogP contribution in [0.15, 0.2) is 17.2 Å². The average Bonchev–Trinajstić information content (AvgIpc) is 2.66. The summed E-state index contributed by atoms with van der Waals surface area (Å²) in [5, 5.41) is 0. The number of anilines is 1. The summed E-state index contributed by atoms with van der Waals surface area (Å²) in [5.74, 6) is 1.26. The number of hydrogen-bond donors (Lipinski definition) is 2. The van der Waals surface area contributed by atoms with E-state index in [-0.39, 0.29) is 11.6 Å². The molecule has 1 aliphatic heterocycles. The predicted molar refractivity (Wildman–Crippen MR) is 58.8 cm³/mol. The summed E-state index contributed by atoms with van der Waals surface area (Å²) >= 11 is 0. The van der Waals surface area contributed by atoms with E-state index >= 15 is 0 Å². The fourth-order valence-corrected chi connectivity index (χ4v) is 1.96. The minimum absolute atomic E-state index is 0.107. The van der Waals surface area contributed by atoms with Crippen LogP contribution in [0.4, 0.5) is 5.82 Å². The van der Waals surface area contributed by atoms with Crippen LogP contribution in [-0.2, 0) is 0 Å². The Bertz CT molecular complexity index is 387. The minimum atomic E-state index is -0.107. The molecule has 1 aromatic heterocycles. The molecule has 0 aliphatic carbocycles. The molecule has 0 amide bonds. The minimum Gasteiger partial charge on any atom is -0.356 e. The highest BCUT2D eigenvalue weighted by Crippen LogP contribution is 2.22. The Morgan fingerprint density at radius 2 is 2.53 bits per heavy atom. The monoisotopic (exact) mass is 208 g/mol. The van der Waals surface area contributed by atoms with Crippen LogP contribution in [0.3, 0.4) is 0 Å². The van der Waals surface area contributed by atoms with Gasteiger partial charge in [0.25, 0.3) is 5.56 Å². The molecule has 2 unspecified atom stereocenters. The van der Waals surface area contributed by atoms with Crippen LogP contribution in [0.2, 0.25) is 0 Å². The predicted octanol–water partition coefficient (Wildman–Crippen LogP) is -0.0566. The second-order valence-corrected chi connectivity index (χ2v) is 4.12. The summed E-state index contributed by atoms with van der Waals surface area (Å²) < 4.78 is 0. The van der Waals surface area contributed by atoms with Crippen molar-refractivity contribution in [2.24, 2.45) is 11.7 Å². The lowest BCUT2D eigenvalue weighted by Gasteiger charge is -2.18. The van der Waals surface area contributed by atoms with Gasteiger partial charge < -0.3 is 15.6 Å². The van der Waals surface area contributed by atoms with Crippen molar-refractivity contribution in [2.75, 3.05) is 18.0 Å². The molecule has 1 aliphatic rings. The number of H-pyrrole nitrogens is 1. The van der Waals surface area contributed by atoms with Gasteiger partial charge in [0.15, 0.2) is 0 Å². The van der Waals surface area contributed by atoms with Gasteiger partial charge in [-0.1, -0.05) is 0 Å². The molecule has 15 heavy (non-hydrogen) atoms. The maximum Gasteiger partial charge on any atom is 0.252 e. The first-order chi connectivity index (χ1) is 7.16. The SMILES string of the molecule is CC(N)C1CCN(c2cc(=O)[nH]cn2)C1. The van der Waals surface area contributed by atoms with Crippen LogP contribution < -0.4 is 16.2 Å². The van der Waals surface area contributed by atoms with E-state index in [4.69, 9.17) is 5.73 Å². The zero-order chi connectivity index (χ0) is 10.8.